The first-order valence-corrected chi connectivity index (χ1v) is 10.0. The molecule has 0 atom stereocenters. The quantitative estimate of drug-likeness (QED) is 0.311. The van der Waals surface area contributed by atoms with Gasteiger partial charge in [-0.15, -0.1) is 0 Å². The highest BCUT2D eigenvalue weighted by atomic mass is 35.5. The van der Waals surface area contributed by atoms with Crippen LogP contribution in [0.1, 0.15) is 11.1 Å². The Morgan fingerprint density at radius 2 is 1.74 bits per heavy atom. The fourth-order valence-electron chi connectivity index (χ4n) is 2.65. The van der Waals surface area contributed by atoms with E-state index in [1.54, 1.807) is 36.4 Å². The summed E-state index contributed by atoms with van der Waals surface area (Å²) in [6.07, 6.45) is 1.35. The highest BCUT2D eigenvalue weighted by Crippen LogP contribution is 2.35. The zero-order valence-electron chi connectivity index (χ0n) is 15.8. The van der Waals surface area contributed by atoms with E-state index in [2.05, 4.69) is 5.32 Å². The Kier molecular flexibility index (Phi) is 7.54. The standard InChI is InChI=1S/C23H14Cl3FN2O2/c24-18-6-1-2-7-21(18)29-23(30)16(12-28)8-15-10-19(25)22(20(26)11-15)31-13-14-4-3-5-17(27)9-14/h1-11H,13H2,(H,29,30)/b16-8+. The van der Waals surface area contributed by atoms with Gasteiger partial charge in [0.1, 0.15) is 24.1 Å². The molecule has 0 saturated heterocycles. The highest BCUT2D eigenvalue weighted by molar-refractivity contribution is 6.37. The van der Waals surface area contributed by atoms with Crippen molar-refractivity contribution in [1.82, 2.24) is 0 Å². The molecule has 3 aromatic rings. The molecule has 0 heterocycles. The molecule has 0 unspecified atom stereocenters. The van der Waals surface area contributed by atoms with Gasteiger partial charge in [-0.05, 0) is 53.6 Å². The maximum absolute atomic E-state index is 13.3. The monoisotopic (exact) mass is 474 g/mol. The lowest BCUT2D eigenvalue weighted by atomic mass is 10.1. The third-order valence-corrected chi connectivity index (χ3v) is 4.98. The van der Waals surface area contributed by atoms with Crippen LogP contribution in [0.2, 0.25) is 15.1 Å². The van der Waals surface area contributed by atoms with Crippen LogP contribution in [0.15, 0.2) is 66.2 Å². The number of halogens is 4. The van der Waals surface area contributed by atoms with Crippen molar-refractivity contribution in [1.29, 1.82) is 5.26 Å². The van der Waals surface area contributed by atoms with E-state index in [-0.39, 0.29) is 33.8 Å². The zero-order chi connectivity index (χ0) is 22.4. The Hall–Kier alpha value is -3.04. The molecular formula is C23H14Cl3FN2O2. The van der Waals surface area contributed by atoms with Gasteiger partial charge in [0.15, 0.2) is 5.75 Å². The normalized spacial score (nSPS) is 11.0. The summed E-state index contributed by atoms with van der Waals surface area (Å²) in [5.74, 6) is -0.795. The van der Waals surface area contributed by atoms with Gasteiger partial charge in [0.2, 0.25) is 0 Å². The van der Waals surface area contributed by atoms with E-state index >= 15 is 0 Å². The molecule has 0 saturated carbocycles. The molecule has 0 aliphatic carbocycles. The third kappa shape index (κ3) is 5.99. The average Bonchev–Trinajstić information content (AvgIpc) is 2.73. The molecule has 31 heavy (non-hydrogen) atoms. The second-order valence-electron chi connectivity index (χ2n) is 6.34. The first-order chi connectivity index (χ1) is 14.9. The molecule has 0 aliphatic heterocycles. The number of nitrogens with zero attached hydrogens (tertiary/aromatic N) is 1. The van der Waals surface area contributed by atoms with Crippen LogP contribution in [-0.2, 0) is 11.4 Å². The van der Waals surface area contributed by atoms with Crippen molar-refractivity contribution in [3.8, 4) is 11.8 Å². The Morgan fingerprint density at radius 1 is 1.03 bits per heavy atom. The van der Waals surface area contributed by atoms with E-state index in [1.807, 2.05) is 6.07 Å². The number of rotatable bonds is 6. The summed E-state index contributed by atoms with van der Waals surface area (Å²) in [4.78, 5) is 12.4. The van der Waals surface area contributed by atoms with E-state index in [0.29, 0.717) is 21.8 Å². The highest BCUT2D eigenvalue weighted by Gasteiger charge is 2.14. The molecule has 0 aliphatic rings. The molecule has 4 nitrogen and oxygen atoms in total. The van der Waals surface area contributed by atoms with Crippen LogP contribution in [0.5, 0.6) is 5.75 Å². The van der Waals surface area contributed by atoms with Crippen LogP contribution in [0, 0.1) is 17.1 Å². The first-order valence-electron chi connectivity index (χ1n) is 8.91. The molecule has 3 aromatic carbocycles. The molecule has 0 fully saturated rings. The number of amides is 1. The van der Waals surface area contributed by atoms with Gasteiger partial charge in [0, 0.05) is 0 Å². The molecule has 156 valence electrons. The molecule has 0 aromatic heterocycles. The minimum absolute atomic E-state index is 0.0655. The lowest BCUT2D eigenvalue weighted by Crippen LogP contribution is -2.13. The van der Waals surface area contributed by atoms with Gasteiger partial charge >= 0.3 is 0 Å². The molecule has 0 spiro atoms. The lowest BCUT2D eigenvalue weighted by molar-refractivity contribution is -0.112. The molecule has 1 N–H and O–H groups in total. The van der Waals surface area contributed by atoms with Gasteiger partial charge in [0.25, 0.3) is 5.91 Å². The molecule has 3 rings (SSSR count). The first kappa shape index (κ1) is 22.6. The van der Waals surface area contributed by atoms with Gasteiger partial charge in [-0.2, -0.15) is 5.26 Å². The fraction of sp³-hybridized carbons (Fsp3) is 0.0435. The number of carbonyl (C=O) groups excluding carboxylic acids is 1. The number of benzene rings is 3. The number of hydrogen-bond donors (Lipinski definition) is 1. The van der Waals surface area contributed by atoms with E-state index in [9.17, 15) is 14.4 Å². The van der Waals surface area contributed by atoms with Crippen molar-refractivity contribution in [2.75, 3.05) is 5.32 Å². The maximum atomic E-state index is 13.3. The van der Waals surface area contributed by atoms with Crippen molar-refractivity contribution in [2.45, 2.75) is 6.61 Å². The number of nitrogens with one attached hydrogen (secondary N) is 1. The van der Waals surface area contributed by atoms with Crippen molar-refractivity contribution < 1.29 is 13.9 Å². The average molecular weight is 476 g/mol. The summed E-state index contributed by atoms with van der Waals surface area (Å²) in [6.45, 7) is 0.0655. The van der Waals surface area contributed by atoms with Gasteiger partial charge in [0.05, 0.1) is 20.8 Å². The van der Waals surface area contributed by atoms with Crippen LogP contribution in [0.4, 0.5) is 10.1 Å². The Bertz CT molecular complexity index is 1180. The predicted molar refractivity (Wildman–Crippen MR) is 121 cm³/mol. The largest absolute Gasteiger partial charge is 0.486 e. The lowest BCUT2D eigenvalue weighted by Gasteiger charge is -2.11. The molecule has 8 heteroatoms. The van der Waals surface area contributed by atoms with E-state index in [1.165, 1.54) is 30.3 Å². The number of hydrogen-bond acceptors (Lipinski definition) is 3. The SMILES string of the molecule is N#C/C(=C\c1cc(Cl)c(OCc2cccc(F)c2)c(Cl)c1)C(=O)Nc1ccccc1Cl. The van der Waals surface area contributed by atoms with Gasteiger partial charge < -0.3 is 10.1 Å². The Morgan fingerprint density at radius 3 is 2.39 bits per heavy atom. The summed E-state index contributed by atoms with van der Waals surface area (Å²) < 4.78 is 18.9. The molecule has 1 amide bonds. The topological polar surface area (TPSA) is 62.1 Å². The Labute approximate surface area is 193 Å². The number of ether oxygens (including phenoxy) is 1. The van der Waals surface area contributed by atoms with Crippen molar-refractivity contribution in [3.63, 3.8) is 0 Å². The number of nitriles is 1. The van der Waals surface area contributed by atoms with Gasteiger partial charge in [-0.3, -0.25) is 4.79 Å². The van der Waals surface area contributed by atoms with Crippen LogP contribution < -0.4 is 10.1 Å². The summed E-state index contributed by atoms with van der Waals surface area (Å²) in [7, 11) is 0. The third-order valence-electron chi connectivity index (χ3n) is 4.09. The predicted octanol–water partition coefficient (Wildman–Crippen LogP) is 6.91. The fourth-order valence-corrected chi connectivity index (χ4v) is 3.45. The summed E-state index contributed by atoms with van der Waals surface area (Å²) in [6, 6.07) is 17.5. The minimum Gasteiger partial charge on any atom is -0.486 e. The van der Waals surface area contributed by atoms with Crippen molar-refractivity contribution in [2.24, 2.45) is 0 Å². The van der Waals surface area contributed by atoms with Crippen LogP contribution in [-0.4, -0.2) is 5.91 Å². The number of carbonyl (C=O) groups is 1. The second-order valence-corrected chi connectivity index (χ2v) is 7.56. The van der Waals surface area contributed by atoms with E-state index in [0.717, 1.165) is 0 Å². The summed E-state index contributed by atoms with van der Waals surface area (Å²) >= 11 is 18.6. The van der Waals surface area contributed by atoms with Crippen LogP contribution in [0.25, 0.3) is 6.08 Å². The smallest absolute Gasteiger partial charge is 0.266 e. The minimum atomic E-state index is -0.630. The molecule has 0 radical (unpaired) electrons. The van der Waals surface area contributed by atoms with Gasteiger partial charge in [-0.25, -0.2) is 4.39 Å². The van der Waals surface area contributed by atoms with E-state index in [4.69, 9.17) is 39.5 Å². The maximum Gasteiger partial charge on any atom is 0.266 e. The summed E-state index contributed by atoms with van der Waals surface area (Å²) in [5.41, 5.74) is 1.26. The zero-order valence-corrected chi connectivity index (χ0v) is 18.1. The summed E-state index contributed by atoms with van der Waals surface area (Å²) in [5, 5.41) is 12.7. The number of para-hydroxylation sites is 1. The van der Waals surface area contributed by atoms with Crippen molar-refractivity contribution in [3.05, 3.63) is 98.2 Å². The number of anilines is 1. The molecule has 0 bridgehead atoms. The van der Waals surface area contributed by atoms with Crippen LogP contribution in [0.3, 0.4) is 0 Å². The van der Waals surface area contributed by atoms with E-state index < -0.39 is 5.91 Å². The second kappa shape index (κ2) is 10.3. The van der Waals surface area contributed by atoms with Gasteiger partial charge in [-0.1, -0.05) is 59.1 Å². The van der Waals surface area contributed by atoms with Crippen LogP contribution >= 0.6 is 34.8 Å². The molecular weight excluding hydrogens is 462 g/mol. The Balaban J connectivity index is 1.78. The van der Waals surface area contributed by atoms with Crippen molar-refractivity contribution >= 4 is 52.5 Å².